The average Bonchev–Trinajstić information content (AvgIpc) is 2.32. The Labute approximate surface area is 117 Å². The number of hydrogen-bond donors (Lipinski definition) is 1. The van der Waals surface area contributed by atoms with Crippen molar-refractivity contribution in [3.8, 4) is 11.8 Å². The Balaban J connectivity index is 2.29. The first-order chi connectivity index (χ1) is 8.20. The molecule has 0 fully saturated rings. The van der Waals surface area contributed by atoms with Crippen molar-refractivity contribution in [3.63, 3.8) is 0 Å². The topological polar surface area (TPSA) is 61.0 Å². The van der Waals surface area contributed by atoms with Gasteiger partial charge in [0.2, 0.25) is 0 Å². The Morgan fingerprint density at radius 3 is 2.65 bits per heavy atom. The lowest BCUT2D eigenvalue weighted by molar-refractivity contribution is 0.436. The van der Waals surface area contributed by atoms with E-state index in [1.165, 1.54) is 0 Å². The second-order valence-electron chi connectivity index (χ2n) is 3.21. The molecule has 0 aliphatic heterocycles. The molecule has 0 saturated heterocycles. The number of benzene rings is 1. The van der Waals surface area contributed by atoms with Crippen LogP contribution in [-0.4, -0.2) is 9.97 Å². The molecular formula is C11H9ClIN3O. The zero-order valence-corrected chi connectivity index (χ0v) is 11.6. The molecule has 17 heavy (non-hydrogen) atoms. The maximum absolute atomic E-state index is 6.02. The van der Waals surface area contributed by atoms with Gasteiger partial charge in [-0.15, -0.1) is 0 Å². The molecule has 4 nitrogen and oxygen atoms in total. The van der Waals surface area contributed by atoms with Crippen molar-refractivity contribution >= 4 is 34.2 Å². The molecule has 0 aliphatic rings. The second kappa shape index (κ2) is 5.61. The summed E-state index contributed by atoms with van der Waals surface area (Å²) in [4.78, 5) is 8.11. The van der Waals surface area contributed by atoms with E-state index in [9.17, 15) is 0 Å². The third-order valence-electron chi connectivity index (χ3n) is 2.08. The molecule has 0 aliphatic carbocycles. The monoisotopic (exact) mass is 361 g/mol. The average molecular weight is 362 g/mol. The van der Waals surface area contributed by atoms with Gasteiger partial charge >= 0.3 is 6.01 Å². The van der Waals surface area contributed by atoms with Gasteiger partial charge in [-0.05, 0) is 34.7 Å². The molecule has 6 heteroatoms. The van der Waals surface area contributed by atoms with Crippen LogP contribution in [0.2, 0.25) is 5.02 Å². The van der Waals surface area contributed by atoms with Gasteiger partial charge in [-0.3, -0.25) is 0 Å². The van der Waals surface area contributed by atoms with E-state index in [1.54, 1.807) is 30.6 Å². The Morgan fingerprint density at radius 2 is 2.00 bits per heavy atom. The van der Waals surface area contributed by atoms with Gasteiger partial charge in [0.1, 0.15) is 5.75 Å². The van der Waals surface area contributed by atoms with Crippen molar-refractivity contribution in [1.29, 1.82) is 0 Å². The molecule has 0 spiro atoms. The predicted octanol–water partition coefficient (Wildman–Crippen LogP) is 2.99. The molecule has 0 saturated carbocycles. The molecule has 0 bridgehead atoms. The molecule has 88 valence electrons. The van der Waals surface area contributed by atoms with Crippen LogP contribution >= 0.6 is 34.2 Å². The first-order valence-corrected chi connectivity index (χ1v) is 6.29. The van der Waals surface area contributed by atoms with Crippen LogP contribution < -0.4 is 10.5 Å². The highest BCUT2D eigenvalue weighted by molar-refractivity contribution is 14.1. The minimum Gasteiger partial charge on any atom is -0.424 e. The second-order valence-corrected chi connectivity index (χ2v) is 4.86. The zero-order valence-electron chi connectivity index (χ0n) is 8.73. The van der Waals surface area contributed by atoms with Gasteiger partial charge in [0.05, 0.1) is 0 Å². The van der Waals surface area contributed by atoms with E-state index in [-0.39, 0.29) is 6.01 Å². The summed E-state index contributed by atoms with van der Waals surface area (Å²) in [7, 11) is 0. The number of nitrogens with zero attached hydrogens (tertiary/aromatic N) is 2. The minimum atomic E-state index is 0.280. The molecule has 1 aromatic heterocycles. The van der Waals surface area contributed by atoms with Crippen LogP contribution in [0, 0.1) is 3.57 Å². The third kappa shape index (κ3) is 3.05. The Morgan fingerprint density at radius 1 is 1.29 bits per heavy atom. The van der Waals surface area contributed by atoms with Crippen molar-refractivity contribution in [2.45, 2.75) is 6.54 Å². The summed E-state index contributed by atoms with van der Waals surface area (Å²) in [6.07, 6.45) is 3.35. The number of halogens is 2. The largest absolute Gasteiger partial charge is 0.424 e. The van der Waals surface area contributed by atoms with Crippen LogP contribution in [0.15, 0.2) is 30.6 Å². The molecule has 0 amide bonds. The standard InChI is InChI=1S/C11H9ClIN3O/c12-9-2-1-3-10(8(9)4-14)17-11-15-5-7(13)6-16-11/h1-3,5-6H,4,14H2. The third-order valence-corrected chi connectivity index (χ3v) is 2.99. The summed E-state index contributed by atoms with van der Waals surface area (Å²) in [6.45, 7) is 0.305. The van der Waals surface area contributed by atoms with E-state index in [0.717, 1.165) is 9.13 Å². The Bertz CT molecular complexity index is 519. The normalized spacial score (nSPS) is 10.3. The fourth-order valence-electron chi connectivity index (χ4n) is 1.28. The van der Waals surface area contributed by atoms with Gasteiger partial charge in [-0.1, -0.05) is 17.7 Å². The fourth-order valence-corrected chi connectivity index (χ4v) is 1.81. The maximum atomic E-state index is 6.02. The van der Waals surface area contributed by atoms with Gasteiger partial charge < -0.3 is 10.5 Å². The summed E-state index contributed by atoms with van der Waals surface area (Å²) < 4.78 is 6.49. The number of ether oxygens (including phenoxy) is 1. The molecule has 2 rings (SSSR count). The van der Waals surface area contributed by atoms with Crippen LogP contribution in [0.5, 0.6) is 11.8 Å². The van der Waals surface area contributed by atoms with Gasteiger partial charge in [0.15, 0.2) is 0 Å². The van der Waals surface area contributed by atoms with Gasteiger partial charge in [-0.2, -0.15) is 0 Å². The van der Waals surface area contributed by atoms with Crippen LogP contribution in [0.4, 0.5) is 0 Å². The first-order valence-electron chi connectivity index (χ1n) is 4.83. The smallest absolute Gasteiger partial charge is 0.321 e. The SMILES string of the molecule is NCc1c(Cl)cccc1Oc1ncc(I)cn1. The van der Waals surface area contributed by atoms with E-state index >= 15 is 0 Å². The molecule has 0 unspecified atom stereocenters. The fraction of sp³-hybridized carbons (Fsp3) is 0.0909. The molecule has 1 aromatic carbocycles. The molecule has 0 radical (unpaired) electrons. The van der Waals surface area contributed by atoms with Crippen molar-refractivity contribution in [1.82, 2.24) is 9.97 Å². The Kier molecular flexibility index (Phi) is 4.14. The molecular weight excluding hydrogens is 352 g/mol. The highest BCUT2D eigenvalue weighted by Crippen LogP contribution is 2.28. The summed E-state index contributed by atoms with van der Waals surface area (Å²) >= 11 is 8.14. The molecule has 0 atom stereocenters. The van der Waals surface area contributed by atoms with Gasteiger partial charge in [-0.25, -0.2) is 9.97 Å². The number of hydrogen-bond acceptors (Lipinski definition) is 4. The number of aromatic nitrogens is 2. The van der Waals surface area contributed by atoms with Gasteiger partial charge in [0, 0.05) is 33.1 Å². The van der Waals surface area contributed by atoms with Crippen molar-refractivity contribution in [3.05, 3.63) is 44.7 Å². The lowest BCUT2D eigenvalue weighted by atomic mass is 10.2. The van der Waals surface area contributed by atoms with Crippen molar-refractivity contribution in [2.75, 3.05) is 0 Å². The van der Waals surface area contributed by atoms with Crippen LogP contribution in [-0.2, 0) is 6.54 Å². The highest BCUT2D eigenvalue weighted by atomic mass is 127. The lowest BCUT2D eigenvalue weighted by Gasteiger charge is -2.09. The Hall–Kier alpha value is -0.920. The summed E-state index contributed by atoms with van der Waals surface area (Å²) in [5.74, 6) is 0.584. The van der Waals surface area contributed by atoms with Crippen LogP contribution in [0.25, 0.3) is 0 Å². The predicted molar refractivity (Wildman–Crippen MR) is 74.2 cm³/mol. The van der Waals surface area contributed by atoms with E-state index < -0.39 is 0 Å². The van der Waals surface area contributed by atoms with E-state index in [2.05, 4.69) is 32.6 Å². The maximum Gasteiger partial charge on any atom is 0.321 e. The molecule has 2 N–H and O–H groups in total. The van der Waals surface area contributed by atoms with Crippen molar-refractivity contribution < 1.29 is 4.74 Å². The summed E-state index contributed by atoms with van der Waals surface area (Å²) in [6, 6.07) is 5.63. The summed E-state index contributed by atoms with van der Waals surface area (Å²) in [5, 5.41) is 0.579. The zero-order chi connectivity index (χ0) is 12.3. The molecule has 2 aromatic rings. The quantitative estimate of drug-likeness (QED) is 0.854. The van der Waals surface area contributed by atoms with E-state index in [0.29, 0.717) is 17.3 Å². The highest BCUT2D eigenvalue weighted by Gasteiger charge is 2.08. The van der Waals surface area contributed by atoms with Gasteiger partial charge in [0.25, 0.3) is 0 Å². The van der Waals surface area contributed by atoms with E-state index in [1.807, 2.05) is 0 Å². The molecule has 1 heterocycles. The van der Waals surface area contributed by atoms with Crippen LogP contribution in [0.3, 0.4) is 0 Å². The van der Waals surface area contributed by atoms with Crippen LogP contribution in [0.1, 0.15) is 5.56 Å². The minimum absolute atomic E-state index is 0.280. The summed E-state index contributed by atoms with van der Waals surface area (Å²) in [5.41, 5.74) is 6.37. The lowest BCUT2D eigenvalue weighted by Crippen LogP contribution is -2.01. The first kappa shape index (κ1) is 12.5. The van der Waals surface area contributed by atoms with Crippen molar-refractivity contribution in [2.24, 2.45) is 5.73 Å². The number of nitrogens with two attached hydrogens (primary N) is 1. The number of rotatable bonds is 3. The van der Waals surface area contributed by atoms with E-state index in [4.69, 9.17) is 22.1 Å².